The Hall–Kier alpha value is -2.82. The molecule has 2 N–H and O–H groups in total. The predicted octanol–water partition coefficient (Wildman–Crippen LogP) is 4.20. The smallest absolute Gasteiger partial charge is 0.408 e. The summed E-state index contributed by atoms with van der Waals surface area (Å²) in [7, 11) is 0. The lowest BCUT2D eigenvalue weighted by molar-refractivity contribution is -0.126. The zero-order valence-electron chi connectivity index (χ0n) is 16.4. The van der Waals surface area contributed by atoms with E-state index in [-0.39, 0.29) is 18.6 Å². The Balaban J connectivity index is 1.97. The van der Waals surface area contributed by atoms with Crippen LogP contribution in [0, 0.1) is 5.41 Å². The van der Waals surface area contributed by atoms with Gasteiger partial charge < -0.3 is 15.4 Å². The van der Waals surface area contributed by atoms with Gasteiger partial charge >= 0.3 is 6.09 Å². The highest BCUT2D eigenvalue weighted by Gasteiger charge is 2.34. The number of hydrogen-bond donors (Lipinski definition) is 2. The second-order valence-corrected chi connectivity index (χ2v) is 7.65. The van der Waals surface area contributed by atoms with Crippen LogP contribution in [0.1, 0.15) is 44.9 Å². The van der Waals surface area contributed by atoms with Crippen LogP contribution >= 0.6 is 0 Å². The number of carbonyl (C=O) groups is 2. The number of hydrogen-bond acceptors (Lipinski definition) is 3. The van der Waals surface area contributed by atoms with Crippen LogP contribution in [-0.4, -0.2) is 18.0 Å². The quantitative estimate of drug-likeness (QED) is 0.803. The minimum Gasteiger partial charge on any atom is -0.445 e. The van der Waals surface area contributed by atoms with Crippen molar-refractivity contribution in [3.8, 4) is 0 Å². The first-order chi connectivity index (χ1) is 12.8. The summed E-state index contributed by atoms with van der Waals surface area (Å²) in [6.45, 7) is 7.79. The van der Waals surface area contributed by atoms with E-state index in [0.717, 1.165) is 11.1 Å². The molecular formula is C22H28N2O3. The molecule has 0 radical (unpaired) electrons. The molecule has 5 heteroatoms. The summed E-state index contributed by atoms with van der Waals surface area (Å²) >= 11 is 0. The van der Waals surface area contributed by atoms with E-state index in [0.29, 0.717) is 0 Å². The predicted molar refractivity (Wildman–Crippen MR) is 106 cm³/mol. The molecule has 5 nitrogen and oxygen atoms in total. The largest absolute Gasteiger partial charge is 0.445 e. The molecule has 0 spiro atoms. The van der Waals surface area contributed by atoms with E-state index in [4.69, 9.17) is 4.74 Å². The molecule has 144 valence electrons. The van der Waals surface area contributed by atoms with E-state index in [2.05, 4.69) is 10.6 Å². The summed E-state index contributed by atoms with van der Waals surface area (Å²) in [5.74, 6) is -0.240. The first-order valence-electron chi connectivity index (χ1n) is 9.10. The van der Waals surface area contributed by atoms with Crippen molar-refractivity contribution >= 4 is 12.0 Å². The Bertz CT molecular complexity index is 739. The molecule has 0 saturated heterocycles. The van der Waals surface area contributed by atoms with Gasteiger partial charge in [0.2, 0.25) is 5.91 Å². The highest BCUT2D eigenvalue weighted by molar-refractivity contribution is 5.86. The summed E-state index contributed by atoms with van der Waals surface area (Å²) < 4.78 is 5.26. The van der Waals surface area contributed by atoms with Crippen molar-refractivity contribution < 1.29 is 14.3 Å². The number of rotatable bonds is 6. The van der Waals surface area contributed by atoms with Crippen molar-refractivity contribution in [3.63, 3.8) is 0 Å². The lowest BCUT2D eigenvalue weighted by Gasteiger charge is -2.31. The van der Waals surface area contributed by atoms with Crippen LogP contribution in [0.4, 0.5) is 4.79 Å². The molecule has 2 rings (SSSR count). The summed E-state index contributed by atoms with van der Waals surface area (Å²) in [6, 6.07) is 18.2. The number of ether oxygens (including phenoxy) is 1. The molecule has 0 bridgehead atoms. The highest BCUT2D eigenvalue weighted by Crippen LogP contribution is 2.21. The Morgan fingerprint density at radius 2 is 1.48 bits per heavy atom. The average Bonchev–Trinajstić information content (AvgIpc) is 2.65. The van der Waals surface area contributed by atoms with Gasteiger partial charge in [-0.25, -0.2) is 4.79 Å². The molecule has 2 amide bonds. The van der Waals surface area contributed by atoms with E-state index in [1.54, 1.807) is 0 Å². The van der Waals surface area contributed by atoms with Crippen LogP contribution in [0.3, 0.4) is 0 Å². The maximum atomic E-state index is 12.8. The molecule has 0 aromatic heterocycles. The van der Waals surface area contributed by atoms with E-state index in [1.807, 2.05) is 88.4 Å². The first-order valence-corrected chi connectivity index (χ1v) is 9.10. The van der Waals surface area contributed by atoms with Crippen molar-refractivity contribution in [1.29, 1.82) is 0 Å². The van der Waals surface area contributed by atoms with Crippen molar-refractivity contribution in [3.05, 3.63) is 71.8 Å². The van der Waals surface area contributed by atoms with Crippen LogP contribution in [0.25, 0.3) is 0 Å². The third kappa shape index (κ3) is 6.44. The Kier molecular flexibility index (Phi) is 6.99. The molecular weight excluding hydrogens is 340 g/mol. The van der Waals surface area contributed by atoms with Crippen molar-refractivity contribution in [2.45, 2.75) is 46.4 Å². The Labute approximate surface area is 161 Å². The van der Waals surface area contributed by atoms with Gasteiger partial charge in [0.1, 0.15) is 12.6 Å². The van der Waals surface area contributed by atoms with Crippen molar-refractivity contribution in [1.82, 2.24) is 10.6 Å². The molecule has 0 aliphatic carbocycles. The maximum absolute atomic E-state index is 12.8. The van der Waals surface area contributed by atoms with E-state index >= 15 is 0 Å². The second-order valence-electron chi connectivity index (χ2n) is 7.65. The molecule has 2 aromatic rings. The summed E-state index contributed by atoms with van der Waals surface area (Å²) in [5, 5.41) is 5.68. The van der Waals surface area contributed by atoms with Gasteiger partial charge in [0.15, 0.2) is 0 Å². The van der Waals surface area contributed by atoms with Gasteiger partial charge in [-0.15, -0.1) is 0 Å². The van der Waals surface area contributed by atoms with Gasteiger partial charge in [-0.3, -0.25) is 4.79 Å². The summed E-state index contributed by atoms with van der Waals surface area (Å²) in [4.78, 5) is 25.0. The third-order valence-electron chi connectivity index (χ3n) is 4.26. The van der Waals surface area contributed by atoms with Crippen LogP contribution in [0.5, 0.6) is 0 Å². The van der Waals surface area contributed by atoms with Crippen LogP contribution in [0.15, 0.2) is 60.7 Å². The standard InChI is InChI=1S/C22H28N2O3/c1-16(18-13-9-6-10-14-18)23-20(25)19(22(2,3)4)24-21(26)27-15-17-11-7-5-8-12-17/h5-14,16,19H,15H2,1-4H3,(H,23,25)(H,24,26)/t16-,19+/m0/s1. The summed E-state index contributed by atoms with van der Waals surface area (Å²) in [5.41, 5.74) is 1.43. The molecule has 2 aromatic carbocycles. The molecule has 0 aliphatic rings. The lowest BCUT2D eigenvalue weighted by Crippen LogP contribution is -2.54. The van der Waals surface area contributed by atoms with Gasteiger partial charge in [0.25, 0.3) is 0 Å². The van der Waals surface area contributed by atoms with Gasteiger partial charge in [-0.1, -0.05) is 81.4 Å². The van der Waals surface area contributed by atoms with Crippen molar-refractivity contribution in [2.75, 3.05) is 0 Å². The first kappa shape index (κ1) is 20.5. The maximum Gasteiger partial charge on any atom is 0.408 e. The lowest BCUT2D eigenvalue weighted by atomic mass is 9.86. The molecule has 0 unspecified atom stereocenters. The molecule has 0 heterocycles. The monoisotopic (exact) mass is 368 g/mol. The number of amides is 2. The fourth-order valence-corrected chi connectivity index (χ4v) is 2.68. The molecule has 0 saturated carbocycles. The average molecular weight is 368 g/mol. The van der Waals surface area contributed by atoms with Gasteiger partial charge in [-0.2, -0.15) is 0 Å². The fraction of sp³-hybridized carbons (Fsp3) is 0.364. The SMILES string of the molecule is C[C@H](NC(=O)[C@@H](NC(=O)OCc1ccccc1)C(C)(C)C)c1ccccc1. The number of alkyl carbamates (subject to hydrolysis) is 1. The van der Waals surface area contributed by atoms with Crippen LogP contribution in [0.2, 0.25) is 0 Å². The Morgan fingerprint density at radius 1 is 0.926 bits per heavy atom. The van der Waals surface area contributed by atoms with Gasteiger partial charge in [0, 0.05) is 0 Å². The normalized spacial score (nSPS) is 13.3. The number of benzene rings is 2. The minimum absolute atomic E-state index is 0.158. The number of nitrogens with one attached hydrogen (secondary N) is 2. The van der Waals surface area contributed by atoms with E-state index < -0.39 is 17.6 Å². The molecule has 27 heavy (non-hydrogen) atoms. The zero-order chi connectivity index (χ0) is 19.9. The molecule has 0 aliphatic heterocycles. The van der Waals surface area contributed by atoms with Crippen LogP contribution in [-0.2, 0) is 16.1 Å². The third-order valence-corrected chi connectivity index (χ3v) is 4.26. The van der Waals surface area contributed by atoms with E-state index in [1.165, 1.54) is 0 Å². The minimum atomic E-state index is -0.716. The second kappa shape index (κ2) is 9.21. The Morgan fingerprint density at radius 3 is 2.04 bits per heavy atom. The molecule has 2 atom stereocenters. The topological polar surface area (TPSA) is 67.4 Å². The van der Waals surface area contributed by atoms with Crippen LogP contribution < -0.4 is 10.6 Å². The highest BCUT2D eigenvalue weighted by atomic mass is 16.5. The zero-order valence-corrected chi connectivity index (χ0v) is 16.4. The number of carbonyl (C=O) groups excluding carboxylic acids is 2. The van der Waals surface area contributed by atoms with Gasteiger partial charge in [-0.05, 0) is 23.5 Å². The molecule has 0 fully saturated rings. The van der Waals surface area contributed by atoms with Gasteiger partial charge in [0.05, 0.1) is 6.04 Å². The fourth-order valence-electron chi connectivity index (χ4n) is 2.68. The summed E-state index contributed by atoms with van der Waals surface area (Å²) in [6.07, 6.45) is -0.610. The van der Waals surface area contributed by atoms with E-state index in [9.17, 15) is 9.59 Å². The van der Waals surface area contributed by atoms with Crippen molar-refractivity contribution in [2.24, 2.45) is 5.41 Å².